The number of benzene rings is 2. The molecule has 0 amide bonds. The van der Waals surface area contributed by atoms with Crippen LogP contribution < -0.4 is 5.32 Å². The Morgan fingerprint density at radius 2 is 1.85 bits per heavy atom. The Bertz CT molecular complexity index is 596. The maximum absolute atomic E-state index is 9.69. The molecule has 106 valence electrons. The molecule has 0 heterocycles. The molecule has 0 fully saturated rings. The summed E-state index contributed by atoms with van der Waals surface area (Å²) in [6, 6.07) is 11.8. The standard InChI is InChI=1S/C15H14Br2ClNO/c1-9(11-3-2-4-12(18)7-11)19-8-10-5-13(16)15(20)14(17)6-10/h2-7,9,19-20H,8H2,1H3. The van der Waals surface area contributed by atoms with E-state index in [0.29, 0.717) is 15.5 Å². The molecule has 0 aromatic heterocycles. The molecule has 2 N–H and O–H groups in total. The van der Waals surface area contributed by atoms with Gasteiger partial charge in [-0.15, -0.1) is 0 Å². The number of hydrogen-bond donors (Lipinski definition) is 2. The molecule has 0 radical (unpaired) electrons. The molecule has 0 aliphatic carbocycles. The molecular formula is C15H14Br2ClNO. The zero-order chi connectivity index (χ0) is 14.7. The minimum atomic E-state index is 0.194. The van der Waals surface area contributed by atoms with Gasteiger partial charge in [0.15, 0.2) is 0 Å². The van der Waals surface area contributed by atoms with Crippen molar-refractivity contribution in [2.45, 2.75) is 19.5 Å². The highest BCUT2D eigenvalue weighted by Crippen LogP contribution is 2.33. The monoisotopic (exact) mass is 417 g/mol. The van der Waals surface area contributed by atoms with Crippen LogP contribution in [0.5, 0.6) is 5.75 Å². The third-order valence-electron chi connectivity index (χ3n) is 3.04. The average Bonchev–Trinajstić information content (AvgIpc) is 2.42. The Labute approximate surface area is 140 Å². The SMILES string of the molecule is CC(NCc1cc(Br)c(O)c(Br)c1)c1cccc(Cl)c1. The molecule has 5 heteroatoms. The maximum Gasteiger partial charge on any atom is 0.143 e. The molecule has 1 atom stereocenters. The lowest BCUT2D eigenvalue weighted by Gasteiger charge is -2.15. The number of rotatable bonds is 4. The van der Waals surface area contributed by atoms with Crippen LogP contribution in [0.1, 0.15) is 24.1 Å². The second-order valence-electron chi connectivity index (χ2n) is 4.57. The lowest BCUT2D eigenvalue weighted by atomic mass is 10.1. The predicted octanol–water partition coefficient (Wildman–Crippen LogP) is 5.42. The molecule has 0 spiro atoms. The fourth-order valence-electron chi connectivity index (χ4n) is 1.88. The number of nitrogens with one attached hydrogen (secondary N) is 1. The first kappa shape index (κ1) is 15.8. The van der Waals surface area contributed by atoms with Gasteiger partial charge in [0.05, 0.1) is 8.95 Å². The van der Waals surface area contributed by atoms with Crippen LogP contribution in [0.4, 0.5) is 0 Å². The van der Waals surface area contributed by atoms with Gasteiger partial charge in [0, 0.05) is 17.6 Å². The van der Waals surface area contributed by atoms with Crippen molar-refractivity contribution in [3.8, 4) is 5.75 Å². The van der Waals surface area contributed by atoms with Gasteiger partial charge in [0.25, 0.3) is 0 Å². The van der Waals surface area contributed by atoms with Crippen LogP contribution in [0.3, 0.4) is 0 Å². The Kier molecular flexibility index (Phi) is 5.49. The Morgan fingerprint density at radius 3 is 2.45 bits per heavy atom. The second-order valence-corrected chi connectivity index (χ2v) is 6.71. The van der Waals surface area contributed by atoms with Crippen LogP contribution in [0.25, 0.3) is 0 Å². The molecule has 2 aromatic carbocycles. The maximum atomic E-state index is 9.69. The molecule has 2 nitrogen and oxygen atoms in total. The summed E-state index contributed by atoms with van der Waals surface area (Å²) >= 11 is 12.7. The second kappa shape index (κ2) is 6.94. The highest BCUT2D eigenvalue weighted by atomic mass is 79.9. The van der Waals surface area contributed by atoms with Crippen molar-refractivity contribution >= 4 is 43.5 Å². The van der Waals surface area contributed by atoms with Crippen LogP contribution in [-0.4, -0.2) is 5.11 Å². The number of hydrogen-bond acceptors (Lipinski definition) is 2. The molecule has 0 aliphatic heterocycles. The summed E-state index contributed by atoms with van der Waals surface area (Å²) in [6.45, 7) is 2.79. The van der Waals surface area contributed by atoms with E-state index in [1.807, 2.05) is 36.4 Å². The summed E-state index contributed by atoms with van der Waals surface area (Å²) in [5.74, 6) is 0.219. The van der Waals surface area contributed by atoms with E-state index in [9.17, 15) is 5.11 Å². The van der Waals surface area contributed by atoms with Gasteiger partial charge in [-0.2, -0.15) is 0 Å². The molecule has 0 bridgehead atoms. The van der Waals surface area contributed by atoms with E-state index in [0.717, 1.165) is 16.1 Å². The minimum absolute atomic E-state index is 0.194. The molecule has 0 saturated heterocycles. The smallest absolute Gasteiger partial charge is 0.143 e. The summed E-state index contributed by atoms with van der Waals surface area (Å²) in [5.41, 5.74) is 2.23. The first-order valence-corrected chi connectivity index (χ1v) is 8.09. The van der Waals surface area contributed by atoms with E-state index in [2.05, 4.69) is 44.1 Å². The van der Waals surface area contributed by atoms with Crippen LogP contribution in [-0.2, 0) is 6.54 Å². The van der Waals surface area contributed by atoms with E-state index in [1.54, 1.807) is 0 Å². The topological polar surface area (TPSA) is 32.3 Å². The summed E-state index contributed by atoms with van der Waals surface area (Å²) in [7, 11) is 0. The van der Waals surface area contributed by atoms with E-state index in [4.69, 9.17) is 11.6 Å². The molecule has 20 heavy (non-hydrogen) atoms. The van der Waals surface area contributed by atoms with Crippen molar-refractivity contribution in [3.63, 3.8) is 0 Å². The fraction of sp³-hybridized carbons (Fsp3) is 0.200. The molecule has 2 aromatic rings. The van der Waals surface area contributed by atoms with Crippen molar-refractivity contribution in [3.05, 3.63) is 61.5 Å². The van der Waals surface area contributed by atoms with Gasteiger partial charge >= 0.3 is 0 Å². The Balaban J connectivity index is 2.05. The van der Waals surface area contributed by atoms with E-state index < -0.39 is 0 Å². The largest absolute Gasteiger partial charge is 0.506 e. The van der Waals surface area contributed by atoms with E-state index >= 15 is 0 Å². The summed E-state index contributed by atoms with van der Waals surface area (Å²) in [4.78, 5) is 0. The third-order valence-corrected chi connectivity index (χ3v) is 4.48. The van der Waals surface area contributed by atoms with Crippen molar-refractivity contribution in [2.75, 3.05) is 0 Å². The van der Waals surface area contributed by atoms with Gasteiger partial charge in [-0.3, -0.25) is 0 Å². The molecule has 0 saturated carbocycles. The third kappa shape index (κ3) is 3.98. The van der Waals surface area contributed by atoms with Gasteiger partial charge in [0.2, 0.25) is 0 Å². The Morgan fingerprint density at radius 1 is 1.20 bits per heavy atom. The van der Waals surface area contributed by atoms with Gasteiger partial charge in [-0.05, 0) is 74.2 Å². The fourth-order valence-corrected chi connectivity index (χ4v) is 3.36. The number of halogens is 3. The number of phenolic OH excluding ortho intramolecular Hbond substituents is 1. The van der Waals surface area contributed by atoms with Gasteiger partial charge in [0.1, 0.15) is 5.75 Å². The predicted molar refractivity (Wildman–Crippen MR) is 90.2 cm³/mol. The van der Waals surface area contributed by atoms with E-state index in [1.165, 1.54) is 0 Å². The van der Waals surface area contributed by atoms with Crippen LogP contribution in [0.15, 0.2) is 45.3 Å². The normalized spacial score (nSPS) is 12.4. The van der Waals surface area contributed by atoms with Gasteiger partial charge in [-0.25, -0.2) is 0 Å². The summed E-state index contributed by atoms with van der Waals surface area (Å²) < 4.78 is 1.36. The zero-order valence-corrected chi connectivity index (χ0v) is 14.8. The Hall–Kier alpha value is -0.550. The minimum Gasteiger partial charge on any atom is -0.506 e. The highest BCUT2D eigenvalue weighted by Gasteiger charge is 2.08. The number of phenols is 1. The van der Waals surface area contributed by atoms with Gasteiger partial charge in [-0.1, -0.05) is 23.7 Å². The molecular weight excluding hydrogens is 405 g/mol. The lowest BCUT2D eigenvalue weighted by Crippen LogP contribution is -2.18. The highest BCUT2D eigenvalue weighted by molar-refractivity contribution is 9.11. The summed E-state index contributed by atoms with van der Waals surface area (Å²) in [5, 5.41) is 13.9. The van der Waals surface area contributed by atoms with Crippen molar-refractivity contribution in [1.29, 1.82) is 0 Å². The molecule has 2 rings (SSSR count). The molecule has 1 unspecified atom stereocenters. The quantitative estimate of drug-likeness (QED) is 0.693. The first-order valence-electron chi connectivity index (χ1n) is 6.13. The van der Waals surface area contributed by atoms with Crippen LogP contribution in [0, 0.1) is 0 Å². The van der Waals surface area contributed by atoms with Crippen molar-refractivity contribution in [2.24, 2.45) is 0 Å². The van der Waals surface area contributed by atoms with Crippen LogP contribution >= 0.6 is 43.5 Å². The van der Waals surface area contributed by atoms with Crippen LogP contribution in [0.2, 0.25) is 5.02 Å². The van der Waals surface area contributed by atoms with Crippen molar-refractivity contribution < 1.29 is 5.11 Å². The summed E-state index contributed by atoms with van der Waals surface area (Å²) in [6.07, 6.45) is 0. The first-order chi connectivity index (χ1) is 9.47. The zero-order valence-electron chi connectivity index (χ0n) is 10.8. The molecule has 0 aliphatic rings. The van der Waals surface area contributed by atoms with E-state index in [-0.39, 0.29) is 11.8 Å². The lowest BCUT2D eigenvalue weighted by molar-refractivity contribution is 0.467. The van der Waals surface area contributed by atoms with Crippen molar-refractivity contribution in [1.82, 2.24) is 5.32 Å². The van der Waals surface area contributed by atoms with Gasteiger partial charge < -0.3 is 10.4 Å². The average molecular weight is 420 g/mol. The number of aromatic hydroxyl groups is 1.